The van der Waals surface area contributed by atoms with E-state index in [2.05, 4.69) is 37.4 Å². The molecule has 1 aliphatic rings. The molecule has 10 heteroatoms. The Labute approximate surface area is 188 Å². The summed E-state index contributed by atoms with van der Waals surface area (Å²) in [5.74, 6) is 6.57. The number of fused-ring (bicyclic) bond motifs is 2. The number of aromatic amines is 1. The first kappa shape index (κ1) is 20.4. The van der Waals surface area contributed by atoms with Gasteiger partial charge in [0.15, 0.2) is 11.5 Å². The zero-order valence-electron chi connectivity index (χ0n) is 18.1. The van der Waals surface area contributed by atoms with Crippen LogP contribution in [0.5, 0.6) is 11.6 Å². The van der Waals surface area contributed by atoms with Gasteiger partial charge in [0.2, 0.25) is 5.54 Å². The SMILES string of the molecule is COc1ccc2cn(C[C@]3(C#Cc4cnc5nc(C)[nH]c5c4C)NC(=O)NC3=O)c(O)c2c1. The van der Waals surface area contributed by atoms with E-state index in [9.17, 15) is 14.7 Å². The van der Waals surface area contributed by atoms with E-state index in [0.29, 0.717) is 22.3 Å². The van der Waals surface area contributed by atoms with Crippen LogP contribution in [0, 0.1) is 25.7 Å². The largest absolute Gasteiger partial charge is 0.497 e. The fourth-order valence-corrected chi connectivity index (χ4v) is 3.95. The highest BCUT2D eigenvalue weighted by Gasteiger charge is 2.46. The summed E-state index contributed by atoms with van der Waals surface area (Å²) in [6, 6.07) is 4.62. The molecular weight excluding hydrogens is 424 g/mol. The van der Waals surface area contributed by atoms with Crippen LogP contribution in [0.3, 0.4) is 0 Å². The fourth-order valence-electron chi connectivity index (χ4n) is 3.95. The van der Waals surface area contributed by atoms with Gasteiger partial charge in [-0.1, -0.05) is 11.8 Å². The van der Waals surface area contributed by atoms with Gasteiger partial charge in [0, 0.05) is 28.7 Å². The normalized spacial score (nSPS) is 17.7. The van der Waals surface area contributed by atoms with Crippen LogP contribution in [0.15, 0.2) is 30.6 Å². The number of urea groups is 1. The smallest absolute Gasteiger partial charge is 0.323 e. The first-order valence-electron chi connectivity index (χ1n) is 10.1. The Morgan fingerprint density at radius 3 is 2.82 bits per heavy atom. The minimum Gasteiger partial charge on any atom is -0.497 e. The maximum atomic E-state index is 12.8. The summed E-state index contributed by atoms with van der Waals surface area (Å²) in [5.41, 5.74) is 1.17. The van der Waals surface area contributed by atoms with Crippen LogP contribution in [0.2, 0.25) is 0 Å². The van der Waals surface area contributed by atoms with Crippen molar-refractivity contribution in [2.45, 2.75) is 25.9 Å². The van der Waals surface area contributed by atoms with Crippen molar-refractivity contribution in [1.29, 1.82) is 0 Å². The van der Waals surface area contributed by atoms with Gasteiger partial charge in [0.1, 0.15) is 11.6 Å². The van der Waals surface area contributed by atoms with Crippen molar-refractivity contribution in [2.75, 3.05) is 7.11 Å². The number of amides is 3. The second kappa shape index (κ2) is 7.27. The molecule has 0 saturated carbocycles. The fraction of sp³-hybridized carbons (Fsp3) is 0.217. The molecule has 1 fully saturated rings. The van der Waals surface area contributed by atoms with Crippen LogP contribution < -0.4 is 15.4 Å². The van der Waals surface area contributed by atoms with Crippen molar-refractivity contribution in [1.82, 2.24) is 30.2 Å². The molecular formula is C23H20N6O4. The van der Waals surface area contributed by atoms with Gasteiger partial charge >= 0.3 is 6.03 Å². The zero-order valence-corrected chi connectivity index (χ0v) is 18.1. The van der Waals surface area contributed by atoms with Crippen LogP contribution in [-0.2, 0) is 11.3 Å². The number of aromatic nitrogens is 4. The molecule has 0 unspecified atom stereocenters. The molecule has 1 aromatic carbocycles. The molecule has 0 spiro atoms. The topological polar surface area (TPSA) is 134 Å². The van der Waals surface area contributed by atoms with E-state index in [-0.39, 0.29) is 12.4 Å². The molecule has 10 nitrogen and oxygen atoms in total. The average Bonchev–Trinajstić information content (AvgIpc) is 3.41. The molecule has 3 amide bonds. The highest BCUT2D eigenvalue weighted by molar-refractivity contribution is 6.09. The second-order valence-electron chi connectivity index (χ2n) is 7.92. The number of hydrogen-bond acceptors (Lipinski definition) is 6. The number of carbonyl (C=O) groups excluding carboxylic acids is 2. The van der Waals surface area contributed by atoms with Gasteiger partial charge in [-0.05, 0) is 37.6 Å². The number of nitrogens with one attached hydrogen (secondary N) is 3. The van der Waals surface area contributed by atoms with Crippen molar-refractivity contribution in [2.24, 2.45) is 0 Å². The lowest BCUT2D eigenvalue weighted by Crippen LogP contribution is -2.49. The summed E-state index contributed by atoms with van der Waals surface area (Å²) in [6.07, 6.45) is 3.28. The Kier molecular flexibility index (Phi) is 4.49. The predicted molar refractivity (Wildman–Crippen MR) is 120 cm³/mol. The molecule has 0 bridgehead atoms. The molecule has 4 heterocycles. The van der Waals surface area contributed by atoms with Crippen molar-refractivity contribution >= 4 is 33.9 Å². The summed E-state index contributed by atoms with van der Waals surface area (Å²) in [4.78, 5) is 36.6. The summed E-state index contributed by atoms with van der Waals surface area (Å²) in [6.45, 7) is 3.62. The first-order valence-corrected chi connectivity index (χ1v) is 10.1. The van der Waals surface area contributed by atoms with Crippen molar-refractivity contribution < 1.29 is 19.4 Å². The minimum absolute atomic E-state index is 0.0637. The Morgan fingerprint density at radius 1 is 1.27 bits per heavy atom. The van der Waals surface area contributed by atoms with Crippen molar-refractivity contribution in [3.05, 3.63) is 47.5 Å². The average molecular weight is 444 g/mol. The van der Waals surface area contributed by atoms with Crippen LogP contribution in [-0.4, -0.2) is 49.2 Å². The molecule has 166 valence electrons. The van der Waals surface area contributed by atoms with E-state index in [1.165, 1.54) is 11.7 Å². The van der Waals surface area contributed by atoms with E-state index in [0.717, 1.165) is 22.3 Å². The molecule has 1 saturated heterocycles. The summed E-state index contributed by atoms with van der Waals surface area (Å²) < 4.78 is 6.71. The Morgan fingerprint density at radius 2 is 2.09 bits per heavy atom. The number of benzene rings is 1. The maximum absolute atomic E-state index is 12.8. The number of methoxy groups -OCH3 is 1. The van der Waals surface area contributed by atoms with Gasteiger partial charge < -0.3 is 24.7 Å². The van der Waals surface area contributed by atoms with E-state index in [4.69, 9.17) is 4.74 Å². The maximum Gasteiger partial charge on any atom is 0.323 e. The lowest BCUT2D eigenvalue weighted by atomic mass is 9.99. The summed E-state index contributed by atoms with van der Waals surface area (Å²) in [5, 5.41) is 17.0. The van der Waals surface area contributed by atoms with Crippen LogP contribution in [0.25, 0.3) is 21.9 Å². The molecule has 1 aliphatic heterocycles. The van der Waals surface area contributed by atoms with Crippen LogP contribution in [0.1, 0.15) is 17.0 Å². The highest BCUT2D eigenvalue weighted by atomic mass is 16.5. The number of aromatic hydroxyl groups is 1. The van der Waals surface area contributed by atoms with Crippen molar-refractivity contribution in [3.63, 3.8) is 0 Å². The van der Waals surface area contributed by atoms with Gasteiger partial charge in [0.25, 0.3) is 5.91 Å². The molecule has 0 radical (unpaired) electrons. The van der Waals surface area contributed by atoms with Crippen molar-refractivity contribution in [3.8, 4) is 23.5 Å². The summed E-state index contributed by atoms with van der Waals surface area (Å²) in [7, 11) is 1.54. The lowest BCUT2D eigenvalue weighted by Gasteiger charge is -2.20. The van der Waals surface area contributed by atoms with E-state index in [1.54, 1.807) is 30.6 Å². The molecule has 4 N–H and O–H groups in total. The first-order chi connectivity index (χ1) is 15.8. The van der Waals surface area contributed by atoms with Gasteiger partial charge in [-0.25, -0.2) is 14.8 Å². The molecule has 5 rings (SSSR count). The van der Waals surface area contributed by atoms with Crippen LogP contribution in [0.4, 0.5) is 4.79 Å². The molecule has 4 aromatic rings. The quantitative estimate of drug-likeness (QED) is 0.282. The number of ether oxygens (including phenoxy) is 1. The Hall–Kier alpha value is -4.52. The number of nitrogens with zero attached hydrogens (tertiary/aromatic N) is 3. The highest BCUT2D eigenvalue weighted by Crippen LogP contribution is 2.32. The number of rotatable bonds is 3. The van der Waals surface area contributed by atoms with Gasteiger partial charge in [-0.15, -0.1) is 0 Å². The number of carbonyl (C=O) groups is 2. The molecule has 33 heavy (non-hydrogen) atoms. The predicted octanol–water partition coefficient (Wildman–Crippen LogP) is 1.87. The van der Waals surface area contributed by atoms with Gasteiger partial charge in [0.05, 0.1) is 19.2 Å². The third kappa shape index (κ3) is 3.30. The molecule has 1 atom stereocenters. The third-order valence-corrected chi connectivity index (χ3v) is 5.73. The number of pyridine rings is 1. The standard InChI is InChI=1S/C23H20N6O4/c1-12-14(9-24-19-18(12)25-13(2)26-19)6-7-23(21(31)27-22(32)28-23)11-29-10-15-4-5-16(33-3)8-17(15)20(29)30/h4-5,8-10,30H,11H2,1-3H3,(H,24,25,26)(H2,27,28,31,32)/t23-/m0/s1. The monoisotopic (exact) mass is 444 g/mol. The zero-order chi connectivity index (χ0) is 23.3. The number of hydrogen-bond donors (Lipinski definition) is 4. The van der Waals surface area contributed by atoms with E-state index >= 15 is 0 Å². The number of aryl methyl sites for hydroxylation is 2. The summed E-state index contributed by atoms with van der Waals surface area (Å²) >= 11 is 0. The van der Waals surface area contributed by atoms with Crippen LogP contribution >= 0.6 is 0 Å². The lowest BCUT2D eigenvalue weighted by molar-refractivity contribution is -0.122. The third-order valence-electron chi connectivity index (χ3n) is 5.73. The van der Waals surface area contributed by atoms with Gasteiger partial charge in [-0.2, -0.15) is 0 Å². The minimum atomic E-state index is -1.58. The Balaban J connectivity index is 1.58. The Bertz CT molecular complexity index is 1520. The van der Waals surface area contributed by atoms with E-state index < -0.39 is 17.5 Å². The number of H-pyrrole nitrogens is 1. The number of imidazole rings is 1. The molecule has 3 aromatic heterocycles. The number of imide groups is 1. The second-order valence-corrected chi connectivity index (χ2v) is 7.92. The molecule has 0 aliphatic carbocycles. The van der Waals surface area contributed by atoms with Gasteiger partial charge in [-0.3, -0.25) is 10.1 Å². The van der Waals surface area contributed by atoms with E-state index in [1.807, 2.05) is 13.8 Å².